The third-order valence-corrected chi connectivity index (χ3v) is 4.41. The molecule has 1 unspecified atom stereocenters. The summed E-state index contributed by atoms with van der Waals surface area (Å²) in [5.41, 5.74) is 1.35. The molecule has 1 aliphatic rings. The number of rotatable bonds is 5. The van der Waals surface area contributed by atoms with Crippen molar-refractivity contribution >= 4 is 27.9 Å². The van der Waals surface area contributed by atoms with Gasteiger partial charge in [0, 0.05) is 12.8 Å². The van der Waals surface area contributed by atoms with E-state index >= 15 is 0 Å². The molecule has 0 aromatic heterocycles. The summed E-state index contributed by atoms with van der Waals surface area (Å²) in [6.45, 7) is 2.30. The predicted octanol–water partition coefficient (Wildman–Crippen LogP) is 2.75. The molecule has 1 N–H and O–H groups in total. The smallest absolute Gasteiger partial charge is 0.337 e. The number of halogens is 2. The van der Waals surface area contributed by atoms with Crippen LogP contribution in [0.2, 0.25) is 0 Å². The Morgan fingerprint density at radius 2 is 2.12 bits per heavy atom. The summed E-state index contributed by atoms with van der Waals surface area (Å²) in [4.78, 5) is 26.1. The van der Waals surface area contributed by atoms with Crippen molar-refractivity contribution in [2.24, 2.45) is 0 Å². The maximum absolute atomic E-state index is 13.5. The van der Waals surface area contributed by atoms with Gasteiger partial charge in [0.15, 0.2) is 0 Å². The van der Waals surface area contributed by atoms with E-state index in [0.717, 1.165) is 0 Å². The minimum atomic E-state index is -0.722. The van der Waals surface area contributed by atoms with E-state index in [1.807, 2.05) is 0 Å². The van der Waals surface area contributed by atoms with Crippen molar-refractivity contribution in [2.45, 2.75) is 13.0 Å². The number of benzene rings is 1. The maximum atomic E-state index is 13.5. The van der Waals surface area contributed by atoms with E-state index < -0.39 is 17.8 Å². The van der Waals surface area contributed by atoms with E-state index in [0.29, 0.717) is 30.0 Å². The van der Waals surface area contributed by atoms with Gasteiger partial charge in [0.2, 0.25) is 0 Å². The number of amides is 2. The molecule has 6 nitrogen and oxygen atoms in total. The highest BCUT2D eigenvalue weighted by Crippen LogP contribution is 2.32. The third kappa shape index (κ3) is 3.59. The molecule has 0 fully saturated rings. The first-order chi connectivity index (χ1) is 11.4. The molecule has 130 valence electrons. The molecule has 24 heavy (non-hydrogen) atoms. The fourth-order valence-electron chi connectivity index (χ4n) is 2.55. The number of carbonyl (C=O) groups is 2. The topological polar surface area (TPSA) is 67.9 Å². The van der Waals surface area contributed by atoms with E-state index in [1.54, 1.807) is 6.92 Å². The van der Waals surface area contributed by atoms with Gasteiger partial charge in [0.1, 0.15) is 5.82 Å². The Labute approximate surface area is 147 Å². The lowest BCUT2D eigenvalue weighted by Gasteiger charge is -2.35. The molecule has 1 aromatic rings. The molecule has 1 aromatic carbocycles. The first kappa shape index (κ1) is 18.4. The molecule has 0 aliphatic carbocycles. The molecule has 0 saturated carbocycles. The average Bonchev–Trinajstić information content (AvgIpc) is 2.56. The van der Waals surface area contributed by atoms with Crippen LogP contribution in [0.3, 0.4) is 0 Å². The SMILES string of the molecule is COCCN1C(=O)NC(c2ccc(F)c(Br)c2)C(C(=O)OC)=C1C. The average molecular weight is 401 g/mol. The number of hydrogen-bond donors (Lipinski definition) is 1. The van der Waals surface area contributed by atoms with E-state index in [4.69, 9.17) is 9.47 Å². The van der Waals surface area contributed by atoms with Crippen LogP contribution in [-0.2, 0) is 14.3 Å². The van der Waals surface area contributed by atoms with E-state index in [2.05, 4.69) is 21.2 Å². The Kier molecular flexibility index (Phi) is 5.95. The molecule has 0 spiro atoms. The fourth-order valence-corrected chi connectivity index (χ4v) is 2.95. The molecule has 1 aliphatic heterocycles. The minimum absolute atomic E-state index is 0.248. The molecular formula is C16H18BrFN2O4. The van der Waals surface area contributed by atoms with Crippen molar-refractivity contribution in [3.63, 3.8) is 0 Å². The first-order valence-corrected chi connectivity index (χ1v) is 8.01. The summed E-state index contributed by atoms with van der Waals surface area (Å²) in [7, 11) is 2.80. The summed E-state index contributed by atoms with van der Waals surface area (Å²) >= 11 is 3.12. The van der Waals surface area contributed by atoms with Crippen molar-refractivity contribution in [2.75, 3.05) is 27.4 Å². The normalized spacial score (nSPS) is 17.8. The third-order valence-electron chi connectivity index (χ3n) is 3.80. The first-order valence-electron chi connectivity index (χ1n) is 7.21. The molecule has 0 saturated heterocycles. The van der Waals surface area contributed by atoms with Gasteiger partial charge in [-0.05, 0) is 40.5 Å². The lowest BCUT2D eigenvalue weighted by Crippen LogP contribution is -2.48. The van der Waals surface area contributed by atoms with Crippen molar-refractivity contribution in [1.29, 1.82) is 0 Å². The van der Waals surface area contributed by atoms with Gasteiger partial charge in [-0.2, -0.15) is 0 Å². The number of urea groups is 1. The second-order valence-electron chi connectivity index (χ2n) is 5.19. The standard InChI is InChI=1S/C16H18BrFN2O4/c1-9-13(15(21)24-3)14(10-4-5-12(18)11(17)8-10)19-16(22)20(9)6-7-23-2/h4-5,8,14H,6-7H2,1-3H3,(H,19,22). The number of carbonyl (C=O) groups excluding carboxylic acids is 2. The van der Waals surface area contributed by atoms with Crippen LogP contribution in [0, 0.1) is 5.82 Å². The Morgan fingerprint density at radius 3 is 2.71 bits per heavy atom. The van der Waals surface area contributed by atoms with Crippen LogP contribution in [0.5, 0.6) is 0 Å². The van der Waals surface area contributed by atoms with Crippen LogP contribution in [0.15, 0.2) is 33.9 Å². The summed E-state index contributed by atoms with van der Waals surface area (Å²) in [6, 6.07) is 3.24. The van der Waals surface area contributed by atoms with Crippen molar-refractivity contribution in [3.05, 3.63) is 45.3 Å². The summed E-state index contributed by atoms with van der Waals surface area (Å²) in [6.07, 6.45) is 0. The molecule has 8 heteroatoms. The van der Waals surface area contributed by atoms with E-state index in [1.165, 1.54) is 37.3 Å². The number of ether oxygens (including phenoxy) is 2. The summed E-state index contributed by atoms with van der Waals surface area (Å²) in [5.74, 6) is -0.983. The quantitative estimate of drug-likeness (QED) is 0.771. The zero-order valence-corrected chi connectivity index (χ0v) is 15.1. The summed E-state index contributed by atoms with van der Waals surface area (Å²) in [5, 5.41) is 2.76. The van der Waals surface area contributed by atoms with E-state index in [-0.39, 0.29) is 10.5 Å². The molecular weight excluding hydrogens is 383 g/mol. The molecule has 0 bridgehead atoms. The maximum Gasteiger partial charge on any atom is 0.337 e. The van der Waals surface area contributed by atoms with Gasteiger partial charge >= 0.3 is 12.0 Å². The van der Waals surface area contributed by atoms with Crippen LogP contribution in [0.25, 0.3) is 0 Å². The van der Waals surface area contributed by atoms with Crippen molar-refractivity contribution in [3.8, 4) is 0 Å². The second-order valence-corrected chi connectivity index (χ2v) is 6.05. The highest BCUT2D eigenvalue weighted by atomic mass is 79.9. The lowest BCUT2D eigenvalue weighted by atomic mass is 9.95. The summed E-state index contributed by atoms with van der Waals surface area (Å²) < 4.78 is 23.6. The Hall–Kier alpha value is -1.93. The van der Waals surface area contributed by atoms with Gasteiger partial charge in [-0.25, -0.2) is 14.0 Å². The highest BCUT2D eigenvalue weighted by Gasteiger charge is 2.36. The van der Waals surface area contributed by atoms with Crippen LogP contribution < -0.4 is 5.32 Å². The highest BCUT2D eigenvalue weighted by molar-refractivity contribution is 9.10. The van der Waals surface area contributed by atoms with Gasteiger partial charge in [0.05, 0.1) is 36.3 Å². The van der Waals surface area contributed by atoms with Gasteiger partial charge in [-0.3, -0.25) is 4.90 Å². The Bertz CT molecular complexity index is 693. The second kappa shape index (κ2) is 7.76. The molecule has 2 amide bonds. The van der Waals surface area contributed by atoms with Crippen LogP contribution in [0.4, 0.5) is 9.18 Å². The van der Waals surface area contributed by atoms with Crippen LogP contribution in [-0.4, -0.2) is 44.3 Å². The van der Waals surface area contributed by atoms with Gasteiger partial charge in [-0.15, -0.1) is 0 Å². The minimum Gasteiger partial charge on any atom is -0.466 e. The van der Waals surface area contributed by atoms with E-state index in [9.17, 15) is 14.0 Å². The van der Waals surface area contributed by atoms with Gasteiger partial charge in [0.25, 0.3) is 0 Å². The molecule has 0 radical (unpaired) electrons. The Morgan fingerprint density at radius 1 is 1.42 bits per heavy atom. The van der Waals surface area contributed by atoms with Crippen molar-refractivity contribution < 1.29 is 23.5 Å². The number of hydrogen-bond acceptors (Lipinski definition) is 4. The fraction of sp³-hybridized carbons (Fsp3) is 0.375. The largest absolute Gasteiger partial charge is 0.466 e. The van der Waals surface area contributed by atoms with Crippen LogP contribution in [0.1, 0.15) is 18.5 Å². The number of methoxy groups -OCH3 is 2. The van der Waals surface area contributed by atoms with Gasteiger partial charge < -0.3 is 14.8 Å². The monoisotopic (exact) mass is 400 g/mol. The molecule has 2 rings (SSSR count). The number of allylic oxidation sites excluding steroid dienone is 1. The Balaban J connectivity index is 2.50. The zero-order valence-electron chi connectivity index (χ0n) is 13.6. The van der Waals surface area contributed by atoms with Gasteiger partial charge in [-0.1, -0.05) is 6.07 Å². The number of nitrogens with one attached hydrogen (secondary N) is 1. The number of nitrogens with zero attached hydrogens (tertiary/aromatic N) is 1. The van der Waals surface area contributed by atoms with Crippen LogP contribution >= 0.6 is 15.9 Å². The lowest BCUT2D eigenvalue weighted by molar-refractivity contribution is -0.136. The predicted molar refractivity (Wildman–Crippen MR) is 88.7 cm³/mol. The number of esters is 1. The molecule has 1 heterocycles. The van der Waals surface area contributed by atoms with Crippen molar-refractivity contribution in [1.82, 2.24) is 10.2 Å². The molecule has 1 atom stereocenters. The zero-order chi connectivity index (χ0) is 17.9.